The maximum absolute atomic E-state index is 12.3. The van der Waals surface area contributed by atoms with E-state index in [-0.39, 0.29) is 4.90 Å². The van der Waals surface area contributed by atoms with Gasteiger partial charge in [-0.25, -0.2) is 8.42 Å². The number of hydrogen-bond acceptors (Lipinski definition) is 4. The van der Waals surface area contributed by atoms with Gasteiger partial charge in [0.2, 0.25) is 0 Å². The fourth-order valence-electron chi connectivity index (χ4n) is 1.70. The third-order valence-corrected chi connectivity index (χ3v) is 4.84. The van der Waals surface area contributed by atoms with Crippen LogP contribution >= 0.6 is 0 Å². The highest BCUT2D eigenvalue weighted by Gasteiger charge is 2.34. The molecule has 100 valence electrons. The third-order valence-electron chi connectivity index (χ3n) is 2.73. The van der Waals surface area contributed by atoms with E-state index in [4.69, 9.17) is 0 Å². The van der Waals surface area contributed by atoms with Gasteiger partial charge in [0.05, 0.1) is 12.0 Å². The summed E-state index contributed by atoms with van der Waals surface area (Å²) in [7, 11) is -2.45. The Hall–Kier alpha value is -1.36. The third kappa shape index (κ3) is 3.32. The van der Waals surface area contributed by atoms with Crippen LogP contribution in [0.1, 0.15) is 26.2 Å². The van der Waals surface area contributed by atoms with E-state index in [0.717, 1.165) is 6.42 Å². The molecule has 5 heteroatoms. The van der Waals surface area contributed by atoms with E-state index in [1.807, 2.05) is 6.92 Å². The molecule has 0 bridgehead atoms. The predicted octanol–water partition coefficient (Wildman–Crippen LogP) is 2.19. The highest BCUT2D eigenvalue weighted by molar-refractivity contribution is 7.92. The van der Waals surface area contributed by atoms with Crippen molar-refractivity contribution in [2.24, 2.45) is 0 Å². The molecule has 1 atom stereocenters. The topological polar surface area (TPSA) is 60.4 Å². The number of methoxy groups -OCH3 is 1. The molecule has 0 fully saturated rings. The predicted molar refractivity (Wildman–Crippen MR) is 69.0 cm³/mol. The van der Waals surface area contributed by atoms with E-state index in [2.05, 4.69) is 4.74 Å². The molecule has 0 saturated heterocycles. The van der Waals surface area contributed by atoms with Crippen LogP contribution in [0.15, 0.2) is 35.2 Å². The van der Waals surface area contributed by atoms with Gasteiger partial charge in [-0.1, -0.05) is 38.0 Å². The van der Waals surface area contributed by atoms with E-state index in [0.29, 0.717) is 12.8 Å². The number of ether oxygens (including phenoxy) is 1. The van der Waals surface area contributed by atoms with Gasteiger partial charge in [-0.05, 0) is 18.6 Å². The Labute approximate surface area is 108 Å². The molecule has 1 unspecified atom stereocenters. The second kappa shape index (κ2) is 6.54. The summed E-state index contributed by atoms with van der Waals surface area (Å²) in [5.74, 6) is -0.688. The molecule has 0 radical (unpaired) electrons. The first-order valence-electron chi connectivity index (χ1n) is 5.90. The smallest absolute Gasteiger partial charge is 0.324 e. The minimum atomic E-state index is -3.66. The van der Waals surface area contributed by atoms with Crippen LogP contribution in [0.2, 0.25) is 0 Å². The number of unbranched alkanes of at least 4 members (excludes halogenated alkanes) is 1. The number of carbonyl (C=O) groups is 1. The Bertz CT molecular complexity index is 479. The summed E-state index contributed by atoms with van der Waals surface area (Å²) in [5.41, 5.74) is 0. The molecular weight excluding hydrogens is 252 g/mol. The van der Waals surface area contributed by atoms with Gasteiger partial charge in [0, 0.05) is 0 Å². The monoisotopic (exact) mass is 270 g/mol. The molecule has 1 aromatic carbocycles. The first kappa shape index (κ1) is 14.7. The van der Waals surface area contributed by atoms with Crippen LogP contribution in [0.5, 0.6) is 0 Å². The van der Waals surface area contributed by atoms with Gasteiger partial charge < -0.3 is 4.74 Å². The first-order valence-corrected chi connectivity index (χ1v) is 7.45. The van der Waals surface area contributed by atoms with Gasteiger partial charge >= 0.3 is 5.97 Å². The second-order valence-electron chi connectivity index (χ2n) is 4.01. The molecule has 0 aromatic heterocycles. The zero-order valence-corrected chi connectivity index (χ0v) is 11.4. The lowest BCUT2D eigenvalue weighted by atomic mass is 10.2. The largest absolute Gasteiger partial charge is 0.468 e. The lowest BCUT2D eigenvalue weighted by Gasteiger charge is -2.15. The van der Waals surface area contributed by atoms with Crippen LogP contribution < -0.4 is 0 Å². The number of rotatable bonds is 6. The number of benzene rings is 1. The lowest BCUT2D eigenvalue weighted by molar-refractivity contribution is -0.140. The Morgan fingerprint density at radius 2 is 1.89 bits per heavy atom. The molecule has 0 N–H and O–H groups in total. The maximum atomic E-state index is 12.3. The van der Waals surface area contributed by atoms with Crippen LogP contribution in [-0.4, -0.2) is 26.7 Å². The van der Waals surface area contributed by atoms with Crippen molar-refractivity contribution in [3.63, 3.8) is 0 Å². The van der Waals surface area contributed by atoms with E-state index in [1.165, 1.54) is 19.2 Å². The molecule has 0 spiro atoms. The van der Waals surface area contributed by atoms with Crippen molar-refractivity contribution in [3.8, 4) is 0 Å². The van der Waals surface area contributed by atoms with Crippen molar-refractivity contribution in [2.75, 3.05) is 7.11 Å². The van der Waals surface area contributed by atoms with E-state index in [1.54, 1.807) is 18.2 Å². The van der Waals surface area contributed by atoms with Crippen molar-refractivity contribution < 1.29 is 17.9 Å². The highest BCUT2D eigenvalue weighted by Crippen LogP contribution is 2.20. The van der Waals surface area contributed by atoms with Gasteiger partial charge in [-0.15, -0.1) is 0 Å². The minimum absolute atomic E-state index is 0.163. The second-order valence-corrected chi connectivity index (χ2v) is 6.14. The van der Waals surface area contributed by atoms with Gasteiger partial charge in [-0.3, -0.25) is 4.79 Å². The van der Waals surface area contributed by atoms with Crippen molar-refractivity contribution >= 4 is 15.8 Å². The van der Waals surface area contributed by atoms with E-state index < -0.39 is 21.1 Å². The summed E-state index contributed by atoms with van der Waals surface area (Å²) in [6.45, 7) is 1.95. The summed E-state index contributed by atoms with van der Waals surface area (Å²) in [6.07, 6.45) is 1.80. The molecule has 4 nitrogen and oxygen atoms in total. The quantitative estimate of drug-likeness (QED) is 0.743. The Balaban J connectivity index is 3.08. The zero-order valence-electron chi connectivity index (χ0n) is 10.6. The summed E-state index contributed by atoms with van der Waals surface area (Å²) in [5, 5.41) is -1.11. The molecule has 0 saturated carbocycles. The first-order chi connectivity index (χ1) is 8.54. The van der Waals surface area contributed by atoms with E-state index in [9.17, 15) is 13.2 Å². The fourth-order valence-corrected chi connectivity index (χ4v) is 3.39. The zero-order chi connectivity index (χ0) is 13.6. The van der Waals surface area contributed by atoms with Gasteiger partial charge in [0.15, 0.2) is 15.1 Å². The number of hydrogen-bond donors (Lipinski definition) is 0. The Morgan fingerprint density at radius 1 is 1.28 bits per heavy atom. The van der Waals surface area contributed by atoms with Crippen molar-refractivity contribution in [1.82, 2.24) is 0 Å². The van der Waals surface area contributed by atoms with Gasteiger partial charge in [0.25, 0.3) is 0 Å². The average molecular weight is 270 g/mol. The summed E-state index contributed by atoms with van der Waals surface area (Å²) >= 11 is 0. The summed E-state index contributed by atoms with van der Waals surface area (Å²) in [6, 6.07) is 8.01. The van der Waals surface area contributed by atoms with Crippen LogP contribution in [0, 0.1) is 0 Å². The standard InChI is InChI=1S/C13H18O4S/c1-3-4-10-12(13(14)17-2)18(15,16)11-8-6-5-7-9-11/h5-9,12H,3-4,10H2,1-2H3. The van der Waals surface area contributed by atoms with Crippen LogP contribution in [0.3, 0.4) is 0 Å². The molecule has 1 aromatic rings. The molecule has 0 aliphatic carbocycles. The maximum Gasteiger partial charge on any atom is 0.324 e. The Morgan fingerprint density at radius 3 is 2.39 bits per heavy atom. The lowest BCUT2D eigenvalue weighted by Crippen LogP contribution is -2.31. The van der Waals surface area contributed by atoms with E-state index >= 15 is 0 Å². The highest BCUT2D eigenvalue weighted by atomic mass is 32.2. The molecule has 18 heavy (non-hydrogen) atoms. The van der Waals surface area contributed by atoms with Crippen molar-refractivity contribution in [1.29, 1.82) is 0 Å². The molecule has 0 amide bonds. The summed E-state index contributed by atoms with van der Waals surface area (Å²) in [4.78, 5) is 11.8. The van der Waals surface area contributed by atoms with Crippen LogP contribution in [0.4, 0.5) is 0 Å². The number of carbonyl (C=O) groups excluding carboxylic acids is 1. The normalized spacial score (nSPS) is 13.0. The molecular formula is C13H18O4S. The Kier molecular flexibility index (Phi) is 5.34. The molecule has 0 heterocycles. The minimum Gasteiger partial charge on any atom is -0.468 e. The van der Waals surface area contributed by atoms with Crippen molar-refractivity contribution in [2.45, 2.75) is 36.3 Å². The number of sulfone groups is 1. The SMILES string of the molecule is CCCCC(C(=O)OC)S(=O)(=O)c1ccccc1. The fraction of sp³-hybridized carbons (Fsp3) is 0.462. The van der Waals surface area contributed by atoms with Crippen LogP contribution in [-0.2, 0) is 19.4 Å². The molecule has 0 aliphatic heterocycles. The average Bonchev–Trinajstić information content (AvgIpc) is 2.39. The van der Waals surface area contributed by atoms with Crippen LogP contribution in [0.25, 0.3) is 0 Å². The summed E-state index contributed by atoms with van der Waals surface area (Å²) < 4.78 is 29.3. The van der Waals surface area contributed by atoms with Crippen molar-refractivity contribution in [3.05, 3.63) is 30.3 Å². The molecule has 1 rings (SSSR count). The molecule has 0 aliphatic rings. The van der Waals surface area contributed by atoms with Gasteiger partial charge in [-0.2, -0.15) is 0 Å². The van der Waals surface area contributed by atoms with Gasteiger partial charge in [0.1, 0.15) is 0 Å². The number of esters is 1.